The zero-order chi connectivity index (χ0) is 20.1. The van der Waals surface area contributed by atoms with Crippen LogP contribution in [0.4, 0.5) is 4.39 Å². The average Bonchev–Trinajstić information content (AvgIpc) is 3.24. The highest BCUT2D eigenvalue weighted by Gasteiger charge is 2.33. The number of pyridine rings is 1. The topological polar surface area (TPSA) is 75.3 Å². The van der Waals surface area contributed by atoms with Crippen LogP contribution in [0.2, 0.25) is 0 Å². The summed E-state index contributed by atoms with van der Waals surface area (Å²) in [6.07, 6.45) is 1.63. The number of aromatic nitrogens is 1. The molecule has 4 rings (SSSR count). The van der Waals surface area contributed by atoms with Gasteiger partial charge in [0.1, 0.15) is 11.6 Å². The van der Waals surface area contributed by atoms with Crippen molar-refractivity contribution >= 4 is 5.91 Å². The Hall–Kier alpha value is -3.29. The largest absolute Gasteiger partial charge is 0.439 e. The predicted molar refractivity (Wildman–Crippen MR) is 106 cm³/mol. The molecule has 1 aliphatic rings. The Kier molecular flexibility index (Phi) is 5.79. The van der Waals surface area contributed by atoms with E-state index >= 15 is 0 Å². The summed E-state index contributed by atoms with van der Waals surface area (Å²) in [7, 11) is 0. The van der Waals surface area contributed by atoms with E-state index < -0.39 is 0 Å². The number of hydrogen-bond acceptors (Lipinski definition) is 5. The lowest BCUT2D eigenvalue weighted by Gasteiger charge is -2.18. The zero-order valence-corrected chi connectivity index (χ0v) is 15.6. The summed E-state index contributed by atoms with van der Waals surface area (Å²) in [6, 6.07) is 19.2. The molecular weight excluding hydrogens is 371 g/mol. The lowest BCUT2D eigenvalue weighted by Crippen LogP contribution is -2.34. The molecule has 2 atom stereocenters. The van der Waals surface area contributed by atoms with E-state index in [0.29, 0.717) is 24.7 Å². The van der Waals surface area contributed by atoms with Gasteiger partial charge in [0, 0.05) is 31.4 Å². The minimum atomic E-state index is -0.369. The number of hydrazine groups is 1. The number of hydrogen-bond donors (Lipinski definition) is 3. The van der Waals surface area contributed by atoms with Crippen LogP contribution >= 0.6 is 0 Å². The Bertz CT molecular complexity index is 966. The Morgan fingerprint density at radius 3 is 2.76 bits per heavy atom. The lowest BCUT2D eigenvalue weighted by molar-refractivity contribution is -0.125. The van der Waals surface area contributed by atoms with Crippen molar-refractivity contribution < 1.29 is 13.9 Å². The minimum absolute atomic E-state index is 0.0311. The molecule has 148 valence electrons. The number of amides is 1. The zero-order valence-electron chi connectivity index (χ0n) is 15.6. The Morgan fingerprint density at radius 2 is 2.00 bits per heavy atom. The van der Waals surface area contributed by atoms with Gasteiger partial charge in [-0.1, -0.05) is 42.5 Å². The summed E-state index contributed by atoms with van der Waals surface area (Å²) in [4.78, 5) is 16.9. The molecule has 1 saturated heterocycles. The van der Waals surface area contributed by atoms with Gasteiger partial charge in [-0.15, -0.1) is 0 Å². The van der Waals surface area contributed by atoms with Gasteiger partial charge in [-0.25, -0.2) is 14.8 Å². The number of rotatable bonds is 6. The number of carbonyl (C=O) groups is 1. The van der Waals surface area contributed by atoms with Crippen LogP contribution in [0.15, 0.2) is 72.9 Å². The van der Waals surface area contributed by atoms with Crippen LogP contribution < -0.4 is 20.9 Å². The van der Waals surface area contributed by atoms with E-state index in [4.69, 9.17) is 4.74 Å². The van der Waals surface area contributed by atoms with Gasteiger partial charge in [0.05, 0.1) is 12.0 Å². The van der Waals surface area contributed by atoms with Crippen molar-refractivity contribution in [3.8, 4) is 11.6 Å². The molecule has 6 nitrogen and oxygen atoms in total. The third-order valence-corrected chi connectivity index (χ3v) is 4.76. The second-order valence-electron chi connectivity index (χ2n) is 6.80. The van der Waals surface area contributed by atoms with Crippen LogP contribution in [0.3, 0.4) is 0 Å². The summed E-state index contributed by atoms with van der Waals surface area (Å²) in [5, 5.41) is 2.97. The molecule has 3 aromatic rings. The average molecular weight is 392 g/mol. The molecule has 0 spiro atoms. The molecule has 0 bridgehead atoms. The Balaban J connectivity index is 1.33. The highest BCUT2D eigenvalue weighted by atomic mass is 19.1. The fraction of sp³-hybridized carbons (Fsp3) is 0.182. The summed E-state index contributed by atoms with van der Waals surface area (Å²) in [5.41, 5.74) is 8.15. The van der Waals surface area contributed by atoms with Crippen LogP contribution in [0, 0.1) is 11.7 Å². The Morgan fingerprint density at radius 1 is 1.14 bits per heavy atom. The molecule has 2 unspecified atom stereocenters. The van der Waals surface area contributed by atoms with Gasteiger partial charge in [0.2, 0.25) is 11.8 Å². The van der Waals surface area contributed by atoms with Gasteiger partial charge in [-0.05, 0) is 23.3 Å². The van der Waals surface area contributed by atoms with Gasteiger partial charge in [-0.3, -0.25) is 10.2 Å². The molecule has 1 fully saturated rings. The van der Waals surface area contributed by atoms with E-state index in [1.165, 1.54) is 12.1 Å². The molecule has 2 aromatic carbocycles. The van der Waals surface area contributed by atoms with E-state index in [1.54, 1.807) is 24.4 Å². The number of nitrogens with one attached hydrogen (secondary N) is 3. The quantitative estimate of drug-likeness (QED) is 0.601. The highest BCUT2D eigenvalue weighted by molar-refractivity contribution is 5.80. The standard InChI is InChI=1S/C22H21FN4O2/c23-17-7-4-8-18(11-17)29-20-10-9-15(12-24-20)13-25-22(28)19-14-26-27-21(19)16-5-2-1-3-6-16/h1-12,19,21,26-27H,13-14H2,(H,25,28). The van der Waals surface area contributed by atoms with E-state index in [9.17, 15) is 9.18 Å². The molecule has 0 radical (unpaired) electrons. The van der Waals surface area contributed by atoms with Gasteiger partial charge in [-0.2, -0.15) is 0 Å². The summed E-state index contributed by atoms with van der Waals surface area (Å²) in [6.45, 7) is 0.925. The van der Waals surface area contributed by atoms with Crippen molar-refractivity contribution in [2.45, 2.75) is 12.6 Å². The number of benzene rings is 2. The maximum absolute atomic E-state index is 13.2. The van der Waals surface area contributed by atoms with Crippen LogP contribution in [0.1, 0.15) is 17.2 Å². The molecular formula is C22H21FN4O2. The van der Waals surface area contributed by atoms with Crippen LogP contribution in [-0.4, -0.2) is 17.4 Å². The lowest BCUT2D eigenvalue weighted by atomic mass is 9.94. The Labute approximate surface area is 168 Å². The summed E-state index contributed by atoms with van der Waals surface area (Å²) < 4.78 is 18.8. The number of carbonyl (C=O) groups excluding carboxylic acids is 1. The summed E-state index contributed by atoms with van der Waals surface area (Å²) in [5.74, 6) is 0.134. The van der Waals surface area contributed by atoms with Crippen LogP contribution in [0.25, 0.3) is 0 Å². The number of nitrogens with zero attached hydrogens (tertiary/aromatic N) is 1. The van der Waals surface area contributed by atoms with Crippen LogP contribution in [0.5, 0.6) is 11.6 Å². The first kappa shape index (κ1) is 19.0. The number of ether oxygens (including phenoxy) is 1. The van der Waals surface area contributed by atoms with Crippen molar-refractivity contribution in [1.82, 2.24) is 21.2 Å². The van der Waals surface area contributed by atoms with E-state index in [-0.39, 0.29) is 23.7 Å². The first-order valence-corrected chi connectivity index (χ1v) is 9.38. The van der Waals surface area contributed by atoms with E-state index in [2.05, 4.69) is 21.2 Å². The molecule has 1 amide bonds. The maximum atomic E-state index is 13.2. The number of halogens is 1. The first-order chi connectivity index (χ1) is 14.2. The molecule has 2 heterocycles. The summed E-state index contributed by atoms with van der Waals surface area (Å²) >= 11 is 0. The highest BCUT2D eigenvalue weighted by Crippen LogP contribution is 2.25. The van der Waals surface area contributed by atoms with Crippen molar-refractivity contribution in [3.63, 3.8) is 0 Å². The molecule has 1 aromatic heterocycles. The first-order valence-electron chi connectivity index (χ1n) is 9.38. The smallest absolute Gasteiger partial charge is 0.226 e. The van der Waals surface area contributed by atoms with Crippen molar-refractivity contribution in [2.75, 3.05) is 6.54 Å². The van der Waals surface area contributed by atoms with Crippen molar-refractivity contribution in [2.24, 2.45) is 5.92 Å². The molecule has 29 heavy (non-hydrogen) atoms. The fourth-order valence-electron chi connectivity index (χ4n) is 3.26. The fourth-order valence-corrected chi connectivity index (χ4v) is 3.26. The van der Waals surface area contributed by atoms with Gasteiger partial charge in [0.15, 0.2) is 0 Å². The third kappa shape index (κ3) is 4.77. The minimum Gasteiger partial charge on any atom is -0.439 e. The van der Waals surface area contributed by atoms with Gasteiger partial charge in [0.25, 0.3) is 0 Å². The van der Waals surface area contributed by atoms with Gasteiger partial charge >= 0.3 is 0 Å². The van der Waals surface area contributed by atoms with Crippen molar-refractivity contribution in [1.29, 1.82) is 0 Å². The van der Waals surface area contributed by atoms with Gasteiger partial charge < -0.3 is 10.1 Å². The maximum Gasteiger partial charge on any atom is 0.226 e. The SMILES string of the molecule is O=C(NCc1ccc(Oc2cccc(F)c2)nc1)C1CNNC1c1ccccc1. The molecule has 7 heteroatoms. The second-order valence-corrected chi connectivity index (χ2v) is 6.80. The monoisotopic (exact) mass is 392 g/mol. The predicted octanol–water partition coefficient (Wildman–Crippen LogP) is 3.09. The van der Waals surface area contributed by atoms with E-state index in [0.717, 1.165) is 11.1 Å². The molecule has 0 aliphatic carbocycles. The van der Waals surface area contributed by atoms with E-state index in [1.807, 2.05) is 36.4 Å². The molecule has 1 aliphatic heterocycles. The molecule has 0 saturated carbocycles. The van der Waals surface area contributed by atoms with Crippen molar-refractivity contribution in [3.05, 3.63) is 89.9 Å². The molecule has 3 N–H and O–H groups in total. The van der Waals surface area contributed by atoms with Crippen LogP contribution in [-0.2, 0) is 11.3 Å². The second kappa shape index (κ2) is 8.81. The third-order valence-electron chi connectivity index (χ3n) is 4.76. The normalized spacial score (nSPS) is 18.4.